The number of hydrogen-bond acceptors (Lipinski definition) is 5. The van der Waals surface area contributed by atoms with Crippen LogP contribution in [0.15, 0.2) is 53.3 Å². The van der Waals surface area contributed by atoms with Gasteiger partial charge in [0, 0.05) is 11.8 Å². The molecule has 0 spiro atoms. The predicted octanol–water partition coefficient (Wildman–Crippen LogP) is 2.64. The van der Waals surface area contributed by atoms with Gasteiger partial charge < -0.3 is 10.1 Å². The zero-order valence-corrected chi connectivity index (χ0v) is 16.9. The summed E-state index contributed by atoms with van der Waals surface area (Å²) in [5, 5.41) is 2.52. The van der Waals surface area contributed by atoms with Crippen LogP contribution in [0.2, 0.25) is 0 Å². The molecule has 3 aromatic rings. The number of nitrogens with one attached hydrogen (secondary N) is 1. The lowest BCUT2D eigenvalue weighted by molar-refractivity contribution is -0.148. The Morgan fingerprint density at radius 2 is 1.90 bits per heavy atom. The number of fused-ring (bicyclic) bond motifs is 1. The van der Waals surface area contributed by atoms with E-state index >= 15 is 0 Å². The molecule has 0 unspecified atom stereocenters. The lowest BCUT2D eigenvalue weighted by Gasteiger charge is -2.21. The van der Waals surface area contributed by atoms with Gasteiger partial charge in [-0.2, -0.15) is 0 Å². The normalized spacial score (nSPS) is 12.0. The number of carbonyl (C=O) groups excluding carboxylic acids is 2. The Hall–Kier alpha value is -3.55. The van der Waals surface area contributed by atoms with Crippen molar-refractivity contribution in [2.24, 2.45) is 5.92 Å². The van der Waals surface area contributed by atoms with Gasteiger partial charge in [0.1, 0.15) is 24.1 Å². The van der Waals surface area contributed by atoms with Crippen molar-refractivity contribution < 1.29 is 18.7 Å². The maximum atomic E-state index is 13.8. The summed E-state index contributed by atoms with van der Waals surface area (Å²) in [6.07, 6.45) is 0. The third-order valence-electron chi connectivity index (χ3n) is 4.62. The lowest BCUT2D eigenvalue weighted by Crippen LogP contribution is -2.45. The van der Waals surface area contributed by atoms with Gasteiger partial charge in [0.15, 0.2) is 0 Å². The molecule has 7 nitrogen and oxygen atoms in total. The van der Waals surface area contributed by atoms with Crippen molar-refractivity contribution >= 4 is 17.5 Å². The van der Waals surface area contributed by atoms with E-state index in [9.17, 15) is 18.8 Å². The van der Waals surface area contributed by atoms with Gasteiger partial charge in [0.05, 0.1) is 11.3 Å². The monoisotopic (exact) mass is 411 g/mol. The van der Waals surface area contributed by atoms with Crippen LogP contribution >= 0.6 is 0 Å². The summed E-state index contributed by atoms with van der Waals surface area (Å²) >= 11 is 0. The second-order valence-electron chi connectivity index (χ2n) is 7.23. The van der Waals surface area contributed by atoms with Crippen molar-refractivity contribution in [3.63, 3.8) is 0 Å². The molecule has 0 aliphatic carbocycles. The highest BCUT2D eigenvalue weighted by molar-refractivity contribution is 5.97. The highest BCUT2D eigenvalue weighted by atomic mass is 19.1. The second-order valence-corrected chi connectivity index (χ2v) is 7.23. The van der Waals surface area contributed by atoms with Crippen LogP contribution < -0.4 is 10.9 Å². The lowest BCUT2D eigenvalue weighted by atomic mass is 10.0. The van der Waals surface area contributed by atoms with Crippen LogP contribution in [0.25, 0.3) is 5.65 Å². The fraction of sp³-hybridized carbons (Fsp3) is 0.273. The number of aryl methyl sites for hydroxylation is 1. The smallest absolute Gasteiger partial charge is 0.329 e. The molecule has 0 saturated heterocycles. The second kappa shape index (κ2) is 8.86. The molecule has 1 amide bonds. The Balaban J connectivity index is 1.73. The highest BCUT2D eigenvalue weighted by Gasteiger charge is 2.27. The minimum Gasteiger partial charge on any atom is -0.458 e. The van der Waals surface area contributed by atoms with Gasteiger partial charge in [0.2, 0.25) is 0 Å². The summed E-state index contributed by atoms with van der Waals surface area (Å²) < 4.78 is 20.6. The molecule has 0 aliphatic heterocycles. The van der Waals surface area contributed by atoms with Crippen molar-refractivity contribution in [1.82, 2.24) is 14.7 Å². The number of rotatable bonds is 6. The summed E-state index contributed by atoms with van der Waals surface area (Å²) in [6.45, 7) is 5.03. The Morgan fingerprint density at radius 1 is 1.17 bits per heavy atom. The maximum Gasteiger partial charge on any atom is 0.329 e. The van der Waals surface area contributed by atoms with E-state index in [0.29, 0.717) is 11.3 Å². The largest absolute Gasteiger partial charge is 0.458 e. The Morgan fingerprint density at radius 3 is 2.60 bits per heavy atom. The Bertz CT molecular complexity index is 1160. The number of halogens is 1. The maximum absolute atomic E-state index is 13.8. The first-order valence-electron chi connectivity index (χ1n) is 9.48. The van der Waals surface area contributed by atoms with Gasteiger partial charge in [-0.1, -0.05) is 32.0 Å². The topological polar surface area (TPSA) is 89.8 Å². The molecule has 156 valence electrons. The number of aromatic nitrogens is 2. The molecule has 0 aliphatic rings. The van der Waals surface area contributed by atoms with Gasteiger partial charge in [-0.25, -0.2) is 14.2 Å². The van der Waals surface area contributed by atoms with Crippen LogP contribution in [0.1, 0.15) is 35.6 Å². The standard InChI is InChI=1S/C22H22FN3O4/c1-13(2)20(25-21(28)16-8-4-5-9-17(16)23)22(29)30-12-15-11-19(27)26-14(3)7-6-10-18(26)24-15/h4-11,13,20H,12H2,1-3H3,(H,25,28)/t20-/m0/s1. The first kappa shape index (κ1) is 21.2. The van der Waals surface area contributed by atoms with Gasteiger partial charge in [-0.3, -0.25) is 14.0 Å². The minimum absolute atomic E-state index is 0.157. The van der Waals surface area contributed by atoms with E-state index in [4.69, 9.17) is 4.74 Å². The van der Waals surface area contributed by atoms with Crippen LogP contribution in [0.5, 0.6) is 0 Å². The van der Waals surface area contributed by atoms with E-state index in [1.54, 1.807) is 39.0 Å². The zero-order chi connectivity index (χ0) is 21.8. The van der Waals surface area contributed by atoms with Crippen molar-refractivity contribution in [1.29, 1.82) is 0 Å². The fourth-order valence-electron chi connectivity index (χ4n) is 3.03. The van der Waals surface area contributed by atoms with E-state index in [-0.39, 0.29) is 23.6 Å². The number of ether oxygens (including phenoxy) is 1. The van der Waals surface area contributed by atoms with Crippen LogP contribution in [0.4, 0.5) is 4.39 Å². The summed E-state index contributed by atoms with van der Waals surface area (Å²) in [5.41, 5.74) is 1.04. The minimum atomic E-state index is -0.985. The Labute approximate surface area is 172 Å². The molecule has 2 aromatic heterocycles. The molecule has 2 heterocycles. The molecule has 0 bridgehead atoms. The van der Waals surface area contributed by atoms with E-state index in [1.165, 1.54) is 34.7 Å². The third-order valence-corrected chi connectivity index (χ3v) is 4.62. The molecule has 8 heteroatoms. The van der Waals surface area contributed by atoms with Crippen molar-refractivity contribution in [3.8, 4) is 0 Å². The molecule has 30 heavy (non-hydrogen) atoms. The first-order chi connectivity index (χ1) is 14.3. The van der Waals surface area contributed by atoms with E-state index < -0.39 is 23.7 Å². The van der Waals surface area contributed by atoms with Gasteiger partial charge in [-0.05, 0) is 37.1 Å². The van der Waals surface area contributed by atoms with Gasteiger partial charge in [0.25, 0.3) is 11.5 Å². The first-order valence-corrected chi connectivity index (χ1v) is 9.48. The molecule has 0 saturated carbocycles. The molecule has 1 N–H and O–H groups in total. The molecule has 1 aromatic carbocycles. The average molecular weight is 411 g/mol. The number of amides is 1. The summed E-state index contributed by atoms with van der Waals surface area (Å²) in [7, 11) is 0. The van der Waals surface area contributed by atoms with Crippen LogP contribution in [-0.4, -0.2) is 27.3 Å². The average Bonchev–Trinajstić information content (AvgIpc) is 2.70. The van der Waals surface area contributed by atoms with Crippen molar-refractivity contribution in [2.75, 3.05) is 0 Å². The molecule has 3 rings (SSSR count). The number of pyridine rings is 1. The third kappa shape index (κ3) is 4.53. The predicted molar refractivity (Wildman–Crippen MR) is 108 cm³/mol. The van der Waals surface area contributed by atoms with E-state index in [2.05, 4.69) is 10.3 Å². The number of carbonyl (C=O) groups is 2. The molecule has 1 atom stereocenters. The number of esters is 1. The van der Waals surface area contributed by atoms with E-state index in [0.717, 1.165) is 5.69 Å². The summed E-state index contributed by atoms with van der Waals surface area (Å²) in [6, 6.07) is 11.1. The highest BCUT2D eigenvalue weighted by Crippen LogP contribution is 2.11. The summed E-state index contributed by atoms with van der Waals surface area (Å²) in [5.74, 6) is -2.38. The van der Waals surface area contributed by atoms with Crippen LogP contribution in [-0.2, 0) is 16.1 Å². The number of nitrogens with zero attached hydrogens (tertiary/aromatic N) is 2. The Kier molecular flexibility index (Phi) is 6.25. The van der Waals surface area contributed by atoms with Gasteiger partial charge in [-0.15, -0.1) is 0 Å². The fourth-order valence-corrected chi connectivity index (χ4v) is 3.03. The molecule has 0 radical (unpaired) electrons. The van der Waals surface area contributed by atoms with Crippen LogP contribution in [0, 0.1) is 18.7 Å². The number of hydrogen-bond donors (Lipinski definition) is 1. The van der Waals surface area contributed by atoms with Gasteiger partial charge >= 0.3 is 5.97 Å². The molecular formula is C22H22FN3O4. The number of benzene rings is 1. The summed E-state index contributed by atoms with van der Waals surface area (Å²) in [4.78, 5) is 41.6. The molecule has 0 fully saturated rings. The molecular weight excluding hydrogens is 389 g/mol. The van der Waals surface area contributed by atoms with Crippen LogP contribution in [0.3, 0.4) is 0 Å². The SMILES string of the molecule is Cc1cccc2nc(COC(=O)[C@@H](NC(=O)c3ccccc3F)C(C)C)cc(=O)n12. The van der Waals surface area contributed by atoms with Crippen molar-refractivity contribution in [2.45, 2.75) is 33.4 Å². The quantitative estimate of drug-likeness (QED) is 0.630. The van der Waals surface area contributed by atoms with E-state index in [1.807, 2.05) is 0 Å². The zero-order valence-electron chi connectivity index (χ0n) is 16.9. The van der Waals surface area contributed by atoms with Crippen molar-refractivity contribution in [3.05, 3.63) is 81.7 Å².